The maximum absolute atomic E-state index is 10.6. The summed E-state index contributed by atoms with van der Waals surface area (Å²) in [6.45, 7) is 5.92. The molecule has 0 saturated heterocycles. The average Bonchev–Trinajstić information content (AvgIpc) is 2.72. The number of Topliss-reactive ketones (excluding diaryl/α,β-unsaturated/α-hetero) is 1. The van der Waals surface area contributed by atoms with Crippen LogP contribution in [0.5, 0.6) is 11.5 Å². The smallest absolute Gasteiger partial charge is 0.134 e. The van der Waals surface area contributed by atoms with Crippen LogP contribution in [0.15, 0.2) is 78.9 Å². The van der Waals surface area contributed by atoms with E-state index in [-0.39, 0.29) is 23.9 Å². The molecular formula is C26H32ClNO3. The molecule has 0 fully saturated rings. The maximum atomic E-state index is 10.6. The van der Waals surface area contributed by atoms with Gasteiger partial charge in [0.2, 0.25) is 0 Å². The second kappa shape index (κ2) is 13.5. The first-order valence-corrected chi connectivity index (χ1v) is 10.2. The number of halogens is 1. The first-order valence-electron chi connectivity index (χ1n) is 10.2. The Morgan fingerprint density at radius 2 is 1.29 bits per heavy atom. The summed E-state index contributed by atoms with van der Waals surface area (Å²) >= 11 is 0. The predicted octanol–water partition coefficient (Wildman–Crippen LogP) is 5.62. The minimum absolute atomic E-state index is 0. The van der Waals surface area contributed by atoms with Crippen LogP contribution >= 0.6 is 12.4 Å². The molecule has 2 atom stereocenters. The van der Waals surface area contributed by atoms with E-state index in [1.165, 1.54) is 11.1 Å². The minimum atomic E-state index is 0. The Balaban J connectivity index is 0.000000344. The van der Waals surface area contributed by atoms with E-state index >= 15 is 0 Å². The Morgan fingerprint density at radius 1 is 0.806 bits per heavy atom. The quantitative estimate of drug-likeness (QED) is 0.445. The van der Waals surface area contributed by atoms with E-state index in [1.807, 2.05) is 18.2 Å². The zero-order valence-electron chi connectivity index (χ0n) is 18.3. The Morgan fingerprint density at radius 3 is 1.77 bits per heavy atom. The number of carbonyl (C=O) groups is 1. The van der Waals surface area contributed by atoms with E-state index in [9.17, 15) is 9.90 Å². The van der Waals surface area contributed by atoms with Crippen LogP contribution in [0.1, 0.15) is 43.5 Å². The standard InChI is InChI=1S/C17H21NO.C9H10O2.ClH/c1-13(12-15-8-10-17(19)11-9-15)18-14(2)16-6-4-3-5-7-16;1-7(10)6-8-2-4-9(11)5-3-8;/h3-11,13-14,18-19H,12H2,1-2H3;2-5,11H,6H2,1H3;1H/t13-,14-;;/m0../s1. The molecule has 3 N–H and O–H groups in total. The summed E-state index contributed by atoms with van der Waals surface area (Å²) < 4.78 is 0. The van der Waals surface area contributed by atoms with Gasteiger partial charge in [0, 0.05) is 18.5 Å². The molecule has 4 nitrogen and oxygen atoms in total. The van der Waals surface area contributed by atoms with Crippen molar-refractivity contribution in [1.29, 1.82) is 0 Å². The van der Waals surface area contributed by atoms with E-state index in [1.54, 1.807) is 43.3 Å². The van der Waals surface area contributed by atoms with Crippen molar-refractivity contribution in [2.45, 2.75) is 45.7 Å². The lowest BCUT2D eigenvalue weighted by atomic mass is 10.0. The van der Waals surface area contributed by atoms with Crippen LogP contribution in [-0.4, -0.2) is 22.0 Å². The normalized spacial score (nSPS) is 12.0. The molecule has 5 heteroatoms. The van der Waals surface area contributed by atoms with E-state index < -0.39 is 0 Å². The number of hydrogen-bond donors (Lipinski definition) is 3. The second-order valence-corrected chi connectivity index (χ2v) is 7.62. The third-order valence-electron chi connectivity index (χ3n) is 4.70. The largest absolute Gasteiger partial charge is 0.508 e. The van der Waals surface area contributed by atoms with Crippen LogP contribution in [0.2, 0.25) is 0 Å². The molecule has 31 heavy (non-hydrogen) atoms. The third-order valence-corrected chi connectivity index (χ3v) is 4.70. The van der Waals surface area contributed by atoms with Crippen LogP contribution in [0.3, 0.4) is 0 Å². The molecule has 0 saturated carbocycles. The number of nitrogens with one attached hydrogen (secondary N) is 1. The van der Waals surface area contributed by atoms with Gasteiger partial charge in [0.1, 0.15) is 17.3 Å². The summed E-state index contributed by atoms with van der Waals surface area (Å²) in [7, 11) is 0. The molecule has 3 aromatic carbocycles. The summed E-state index contributed by atoms with van der Waals surface area (Å²) in [6.07, 6.45) is 1.40. The molecule has 0 aliphatic heterocycles. The number of ketones is 1. The van der Waals surface area contributed by atoms with E-state index in [0.717, 1.165) is 12.0 Å². The lowest BCUT2D eigenvalue weighted by Gasteiger charge is -2.20. The van der Waals surface area contributed by atoms with Gasteiger partial charge in [-0.25, -0.2) is 0 Å². The van der Waals surface area contributed by atoms with Crippen LogP contribution in [0, 0.1) is 0 Å². The fraction of sp³-hybridized carbons (Fsp3) is 0.269. The lowest BCUT2D eigenvalue weighted by molar-refractivity contribution is -0.116. The number of aromatic hydroxyl groups is 2. The molecule has 166 valence electrons. The van der Waals surface area contributed by atoms with Gasteiger partial charge in [-0.3, -0.25) is 4.79 Å². The van der Waals surface area contributed by atoms with Crippen LogP contribution in [0.4, 0.5) is 0 Å². The summed E-state index contributed by atoms with van der Waals surface area (Å²) in [5.74, 6) is 0.690. The summed E-state index contributed by atoms with van der Waals surface area (Å²) in [5.41, 5.74) is 3.48. The molecule has 0 bridgehead atoms. The third kappa shape index (κ3) is 10.2. The molecule has 0 aliphatic carbocycles. The highest BCUT2D eigenvalue weighted by Gasteiger charge is 2.09. The zero-order chi connectivity index (χ0) is 21.9. The molecule has 3 aromatic rings. The number of rotatable bonds is 7. The van der Waals surface area contributed by atoms with Crippen molar-refractivity contribution in [3.63, 3.8) is 0 Å². The van der Waals surface area contributed by atoms with Gasteiger partial charge in [0.15, 0.2) is 0 Å². The Hall–Kier alpha value is -2.82. The Kier molecular flexibility index (Phi) is 11.4. The fourth-order valence-corrected chi connectivity index (χ4v) is 3.21. The average molecular weight is 442 g/mol. The molecule has 0 unspecified atom stereocenters. The van der Waals surface area contributed by atoms with Crippen molar-refractivity contribution < 1.29 is 15.0 Å². The van der Waals surface area contributed by atoms with Gasteiger partial charge in [-0.05, 0) is 68.1 Å². The van der Waals surface area contributed by atoms with Crippen LogP contribution in [0.25, 0.3) is 0 Å². The van der Waals surface area contributed by atoms with E-state index in [2.05, 4.69) is 43.4 Å². The molecule has 0 heterocycles. The monoisotopic (exact) mass is 441 g/mol. The molecule has 0 aromatic heterocycles. The van der Waals surface area contributed by atoms with Gasteiger partial charge in [-0.1, -0.05) is 54.6 Å². The predicted molar refractivity (Wildman–Crippen MR) is 129 cm³/mol. The maximum Gasteiger partial charge on any atom is 0.134 e. The van der Waals surface area contributed by atoms with Crippen molar-refractivity contribution in [1.82, 2.24) is 5.32 Å². The summed E-state index contributed by atoms with van der Waals surface area (Å²) in [4.78, 5) is 10.6. The van der Waals surface area contributed by atoms with Gasteiger partial charge in [-0.15, -0.1) is 12.4 Å². The Bertz CT molecular complexity index is 896. The van der Waals surface area contributed by atoms with E-state index in [0.29, 0.717) is 24.3 Å². The first kappa shape index (κ1) is 26.2. The van der Waals surface area contributed by atoms with Crippen molar-refractivity contribution in [2.75, 3.05) is 0 Å². The van der Waals surface area contributed by atoms with E-state index in [4.69, 9.17) is 5.11 Å². The number of phenols is 2. The fourth-order valence-electron chi connectivity index (χ4n) is 3.21. The SMILES string of the molecule is CC(=O)Cc1ccc(O)cc1.C[C@H](N[C@@H](C)Cc1ccc(O)cc1)c1ccccc1.Cl. The number of phenolic OH excluding ortho intramolecular Hbond substituents is 2. The molecular weight excluding hydrogens is 410 g/mol. The number of carbonyl (C=O) groups excluding carboxylic acids is 1. The van der Waals surface area contributed by atoms with Crippen molar-refractivity contribution in [2.24, 2.45) is 0 Å². The Labute approximate surface area is 191 Å². The van der Waals surface area contributed by atoms with Gasteiger partial charge in [0.25, 0.3) is 0 Å². The first-order chi connectivity index (χ1) is 14.3. The van der Waals surface area contributed by atoms with Gasteiger partial charge in [0.05, 0.1) is 0 Å². The second-order valence-electron chi connectivity index (χ2n) is 7.62. The summed E-state index contributed by atoms with van der Waals surface area (Å²) in [6, 6.07) is 25.3. The molecule has 0 radical (unpaired) electrons. The van der Waals surface area contributed by atoms with Gasteiger partial charge < -0.3 is 15.5 Å². The topological polar surface area (TPSA) is 69.6 Å². The molecule has 0 amide bonds. The lowest BCUT2D eigenvalue weighted by Crippen LogP contribution is -2.30. The highest BCUT2D eigenvalue weighted by atomic mass is 35.5. The van der Waals surface area contributed by atoms with Crippen molar-refractivity contribution in [3.05, 3.63) is 95.6 Å². The molecule has 0 aliphatic rings. The molecule has 0 spiro atoms. The van der Waals surface area contributed by atoms with Crippen molar-refractivity contribution >= 4 is 18.2 Å². The minimum Gasteiger partial charge on any atom is -0.508 e. The van der Waals surface area contributed by atoms with Crippen molar-refractivity contribution in [3.8, 4) is 11.5 Å². The van der Waals surface area contributed by atoms with Gasteiger partial charge >= 0.3 is 0 Å². The highest BCUT2D eigenvalue weighted by Crippen LogP contribution is 2.15. The number of hydrogen-bond acceptors (Lipinski definition) is 4. The van der Waals surface area contributed by atoms with Gasteiger partial charge in [-0.2, -0.15) is 0 Å². The van der Waals surface area contributed by atoms with Crippen LogP contribution < -0.4 is 5.32 Å². The zero-order valence-corrected chi connectivity index (χ0v) is 19.1. The highest BCUT2D eigenvalue weighted by molar-refractivity contribution is 5.85. The molecule has 3 rings (SSSR count). The summed E-state index contributed by atoms with van der Waals surface area (Å²) in [5, 5.41) is 21.8. The van der Waals surface area contributed by atoms with Crippen LogP contribution in [-0.2, 0) is 17.6 Å². The number of benzene rings is 3.